The highest BCUT2D eigenvalue weighted by Gasteiger charge is 2.62. The van der Waals surface area contributed by atoms with Crippen molar-refractivity contribution in [3.8, 4) is 0 Å². The molecule has 0 aromatic rings. The van der Waals surface area contributed by atoms with Crippen LogP contribution >= 0.6 is 0 Å². The predicted octanol–water partition coefficient (Wildman–Crippen LogP) is 10.9. The molecule has 4 aliphatic rings. The molecule has 13 heteroatoms. The number of allylic oxidation sites excluding steroid dienone is 4. The van der Waals surface area contributed by atoms with Crippen molar-refractivity contribution in [1.82, 2.24) is 4.90 Å². The van der Waals surface area contributed by atoms with Gasteiger partial charge in [0.15, 0.2) is 0 Å². The van der Waals surface area contributed by atoms with Gasteiger partial charge < -0.3 is 43.2 Å². The molecule has 3 heterocycles. The van der Waals surface area contributed by atoms with Crippen LogP contribution in [0.5, 0.6) is 0 Å². The van der Waals surface area contributed by atoms with Crippen LogP contribution in [0.1, 0.15) is 174 Å². The first kappa shape index (κ1) is 58.9. The number of hydrogen-bond donors (Lipinski definition) is 1. The van der Waals surface area contributed by atoms with Gasteiger partial charge in [0.25, 0.3) is 11.7 Å². The van der Waals surface area contributed by atoms with Gasteiger partial charge in [-0.05, 0) is 139 Å². The van der Waals surface area contributed by atoms with E-state index in [2.05, 4.69) is 47.3 Å². The summed E-state index contributed by atoms with van der Waals surface area (Å²) in [5, 5.41) is 12.5. The van der Waals surface area contributed by atoms with Crippen molar-refractivity contribution in [2.75, 3.05) is 28.4 Å². The first-order chi connectivity index (χ1) is 35.4. The third-order valence-electron chi connectivity index (χ3n) is 19.7. The van der Waals surface area contributed by atoms with Gasteiger partial charge in [0.05, 0.1) is 38.4 Å². The molecule has 1 amide bonds. The lowest BCUT2D eigenvalue weighted by atomic mass is 9.62. The lowest BCUT2D eigenvalue weighted by molar-refractivity contribution is -0.317. The Morgan fingerprint density at radius 1 is 0.892 bits per heavy atom. The predicted molar refractivity (Wildman–Crippen MR) is 291 cm³/mol. The zero-order valence-corrected chi connectivity index (χ0v) is 49.9. The molecule has 74 heavy (non-hydrogen) atoms. The van der Waals surface area contributed by atoms with Crippen molar-refractivity contribution in [2.45, 2.75) is 235 Å². The second-order valence-corrected chi connectivity index (χ2v) is 24.2. The van der Waals surface area contributed by atoms with E-state index in [0.717, 1.165) is 11.1 Å². The third-order valence-corrected chi connectivity index (χ3v) is 19.7. The van der Waals surface area contributed by atoms with Crippen LogP contribution in [0, 0.1) is 64.6 Å². The summed E-state index contributed by atoms with van der Waals surface area (Å²) in [5.41, 5.74) is -0.481. The van der Waals surface area contributed by atoms with Crippen LogP contribution in [0.4, 0.5) is 0 Å². The number of carbonyl (C=O) groups excluding carboxylic acids is 4. The van der Waals surface area contributed by atoms with Gasteiger partial charge in [0.2, 0.25) is 5.79 Å². The van der Waals surface area contributed by atoms with Crippen LogP contribution < -0.4 is 0 Å². The number of Topliss-reactive ketones (excluding diaryl/α,β-unsaturated/α-hetero) is 2. The summed E-state index contributed by atoms with van der Waals surface area (Å²) in [6, 6.07) is -5.18. The zero-order chi connectivity index (χ0) is 59.1. The molecule has 0 aromatic carbocycles. The molecule has 13 nitrogen and oxygen atoms in total. The Balaban J connectivity index is 2.14. The van der Waals surface area contributed by atoms with Crippen molar-refractivity contribution < 1.29 is 61.6 Å². The fraction of sp³-hybridized carbons (Fsp3) is 0.836. The minimum Gasteiger partial charge on any atom is -0.456 e. The molecule has 1 aliphatic carbocycles. The Kier molecular flexibility index (Phi) is 20.2. The SMILES string of the molecule is [2H]C1(C)C[C@@]2([2H])C(=O)O[C@H](/C(=C/[C@@H]3CC[C@@](C)(OC)[C@](C)(OC(C)C)C3C)C(C)C)[C@H](C)[C@@H](O)CC(=O)[C@H](CC=C)/C(C)=C(\C)C(C)[C@H](C)C(C)[C@H](OC)[C@H]3O[C@@](OC)(C(=O)C(=O)N2C([2H])(C)C1(C)C)[C@H](CC)C[C@@H]3OC. The summed E-state index contributed by atoms with van der Waals surface area (Å²) < 4.78 is 75.6. The molecule has 1 saturated carbocycles. The molecule has 0 spiro atoms. The molecule has 2 saturated heterocycles. The number of amides is 1. The molecule has 4 rings (SSSR count). The molecule has 5 unspecified atom stereocenters. The highest BCUT2D eigenvalue weighted by molar-refractivity contribution is 6.39. The second kappa shape index (κ2) is 25.3. The standard InChI is InChI=1S/C61H103NO12/c1-24-26-46-39(11)37(9)36(8)38(10)40(12)53(69-21)54-51(68-20)31-45(25-2)61(71-23,74-54)55(65)56(66)62-43(15)58(16,17)35(7)29-48(62)57(67)72-52(41(13)49(63)32-50(46)64)47(33(3)4)30-44-27-28-59(18,70-22)60(19,42(44)14)73-34(5)6/h24,30,33-36,38,40-46,48-49,51-54,63H,1,25-29,31-32H2,2-23H3/b39-37+,47-30+/t35?,36?,38-,40?,41+,42?,43?,44-,45+,46+,48-,49-,51-,52-,53-,54-,59+,60+,61+/m0/s1/i35D,43D,48D. The maximum Gasteiger partial charge on any atom is 0.329 e. The summed E-state index contributed by atoms with van der Waals surface area (Å²) >= 11 is 0. The quantitative estimate of drug-likeness (QED) is 0.112. The van der Waals surface area contributed by atoms with Gasteiger partial charge in [-0.3, -0.25) is 14.4 Å². The van der Waals surface area contributed by atoms with E-state index in [1.54, 1.807) is 48.2 Å². The lowest BCUT2D eigenvalue weighted by Crippen LogP contribution is -2.68. The number of piperidine rings is 1. The fourth-order valence-corrected chi connectivity index (χ4v) is 13.0. The van der Waals surface area contributed by atoms with Gasteiger partial charge >= 0.3 is 5.97 Å². The van der Waals surface area contributed by atoms with Crippen LogP contribution in [0.15, 0.2) is 35.5 Å². The average Bonchev–Trinajstić information content (AvgIpc) is 3.35. The number of methoxy groups -OCH3 is 4. The Hall–Kier alpha value is -2.78. The molecule has 1 N–H and O–H groups in total. The number of aliphatic hydroxyl groups excluding tert-OH is 1. The number of hydrogen-bond acceptors (Lipinski definition) is 12. The smallest absolute Gasteiger partial charge is 0.329 e. The maximum atomic E-state index is 15.8. The van der Waals surface area contributed by atoms with Crippen LogP contribution in [-0.4, -0.2) is 128 Å². The number of ketones is 2. The Morgan fingerprint density at radius 2 is 1.51 bits per heavy atom. The van der Waals surface area contributed by atoms with Gasteiger partial charge in [-0.2, -0.15) is 0 Å². The molecule has 0 radical (unpaired) electrons. The van der Waals surface area contributed by atoms with E-state index in [-0.39, 0.29) is 66.7 Å². The van der Waals surface area contributed by atoms with Crippen molar-refractivity contribution in [2.24, 2.45) is 64.6 Å². The molecule has 2 bridgehead atoms. The molecule has 3 fully saturated rings. The number of fused-ring (bicyclic) bond motifs is 3. The normalized spacial score (nSPS) is 46.3. The van der Waals surface area contributed by atoms with Crippen LogP contribution in [0.25, 0.3) is 0 Å². The minimum atomic E-state index is -2.89. The topological polar surface area (TPSA) is 156 Å². The first-order valence-corrected chi connectivity index (χ1v) is 27.7. The van der Waals surface area contributed by atoms with Crippen LogP contribution in [-0.2, 0) is 52.3 Å². The van der Waals surface area contributed by atoms with Gasteiger partial charge in [-0.1, -0.05) is 99.5 Å². The van der Waals surface area contributed by atoms with E-state index >= 15 is 14.4 Å². The summed E-state index contributed by atoms with van der Waals surface area (Å²) in [4.78, 5) is 62.9. The third kappa shape index (κ3) is 12.1. The number of esters is 1. The summed E-state index contributed by atoms with van der Waals surface area (Å²) in [7, 11) is 6.09. The monoisotopic (exact) mass is 1040 g/mol. The zero-order valence-electron chi connectivity index (χ0n) is 52.9. The summed E-state index contributed by atoms with van der Waals surface area (Å²) in [5.74, 6) is -11.8. The van der Waals surface area contributed by atoms with Crippen LogP contribution in [0.3, 0.4) is 0 Å². The number of ether oxygens (including phenoxy) is 7. The van der Waals surface area contributed by atoms with Gasteiger partial charge in [0.1, 0.15) is 24.0 Å². The maximum absolute atomic E-state index is 15.8. The number of rotatable bonds is 12. The van der Waals surface area contributed by atoms with Gasteiger partial charge in [-0.25, -0.2) is 4.79 Å². The Bertz CT molecular complexity index is 2190. The first-order valence-electron chi connectivity index (χ1n) is 29.2. The molecular weight excluding hydrogens is 939 g/mol. The molecule has 19 atom stereocenters. The molecule has 3 aliphatic heterocycles. The molecule has 0 aromatic heterocycles. The van der Waals surface area contributed by atoms with E-state index in [9.17, 15) is 14.0 Å². The van der Waals surface area contributed by atoms with Gasteiger partial charge in [0, 0.05) is 60.0 Å². The Labute approximate surface area is 452 Å². The number of cyclic esters (lactones) is 1. The van der Waals surface area contributed by atoms with E-state index < -0.39 is 113 Å². The van der Waals surface area contributed by atoms with E-state index in [1.165, 1.54) is 21.0 Å². The van der Waals surface area contributed by atoms with Crippen LogP contribution in [0.2, 0.25) is 0 Å². The Morgan fingerprint density at radius 3 is 2.03 bits per heavy atom. The van der Waals surface area contributed by atoms with E-state index in [1.807, 2.05) is 55.4 Å². The lowest BCUT2D eigenvalue weighted by Gasteiger charge is -2.55. The molecule has 424 valence electrons. The average molecular weight is 1050 g/mol. The van der Waals surface area contributed by atoms with Gasteiger partial charge in [-0.15, -0.1) is 6.58 Å². The number of nitrogens with zero attached hydrogens (tertiary/aromatic N) is 1. The minimum absolute atomic E-state index is 0.117. The summed E-state index contributed by atoms with van der Waals surface area (Å²) in [6.45, 7) is 38.0. The largest absolute Gasteiger partial charge is 0.456 e. The molecular formula is C61H103NO12. The van der Waals surface area contributed by atoms with E-state index in [4.69, 9.17) is 33.2 Å². The van der Waals surface area contributed by atoms with Crippen molar-refractivity contribution in [3.63, 3.8) is 0 Å². The number of carbonyl (C=O) groups is 4. The van der Waals surface area contributed by atoms with Crippen molar-refractivity contribution >= 4 is 23.4 Å². The van der Waals surface area contributed by atoms with Crippen molar-refractivity contribution in [1.29, 1.82) is 0 Å². The summed E-state index contributed by atoms with van der Waals surface area (Å²) in [6.07, 6.45) is -0.304. The fourth-order valence-electron chi connectivity index (χ4n) is 13.0. The highest BCUT2D eigenvalue weighted by atomic mass is 16.7. The highest BCUT2D eigenvalue weighted by Crippen LogP contribution is 2.51. The second-order valence-electron chi connectivity index (χ2n) is 24.2. The van der Waals surface area contributed by atoms with E-state index in [0.29, 0.717) is 29.7 Å². The van der Waals surface area contributed by atoms with Crippen molar-refractivity contribution in [3.05, 3.63) is 35.5 Å². The number of aliphatic hydroxyl groups is 1.